The second-order valence-electron chi connectivity index (χ2n) is 9.68. The van der Waals surface area contributed by atoms with Gasteiger partial charge in [-0.3, -0.25) is 13.9 Å². The standard InChI is InChI=1S/C30H37N3O5S/c1-6-23(3)31-30(35)24(4)32(20-25-12-10-11-22(2)19-25)29(34)21-33(39(5,36)37)26-15-17-28(18-16-26)38-27-13-8-7-9-14-27/h7-19,23-24H,6,20-21H2,1-5H3,(H,31,35)/t23-,24-/m1/s1. The number of nitrogens with zero attached hydrogens (tertiary/aromatic N) is 2. The summed E-state index contributed by atoms with van der Waals surface area (Å²) >= 11 is 0. The maximum Gasteiger partial charge on any atom is 0.244 e. The summed E-state index contributed by atoms with van der Waals surface area (Å²) in [4.78, 5) is 28.1. The van der Waals surface area contributed by atoms with E-state index < -0.39 is 28.5 Å². The molecule has 0 radical (unpaired) electrons. The van der Waals surface area contributed by atoms with Gasteiger partial charge in [0, 0.05) is 12.6 Å². The van der Waals surface area contributed by atoms with Crippen molar-refractivity contribution in [2.75, 3.05) is 17.1 Å². The molecule has 208 valence electrons. The monoisotopic (exact) mass is 551 g/mol. The molecule has 3 aromatic carbocycles. The van der Waals surface area contributed by atoms with Gasteiger partial charge in [0.15, 0.2) is 0 Å². The molecule has 0 heterocycles. The topological polar surface area (TPSA) is 96.0 Å². The van der Waals surface area contributed by atoms with Gasteiger partial charge in [0.1, 0.15) is 24.1 Å². The Balaban J connectivity index is 1.86. The summed E-state index contributed by atoms with van der Waals surface area (Å²) in [6, 6.07) is 22.5. The Labute approximate surface area is 231 Å². The average Bonchev–Trinajstić information content (AvgIpc) is 2.90. The van der Waals surface area contributed by atoms with E-state index in [1.54, 1.807) is 31.2 Å². The summed E-state index contributed by atoms with van der Waals surface area (Å²) in [6.45, 7) is 7.18. The van der Waals surface area contributed by atoms with Crippen LogP contribution in [0, 0.1) is 6.92 Å². The highest BCUT2D eigenvalue weighted by Crippen LogP contribution is 2.26. The number of sulfonamides is 1. The number of amides is 2. The van der Waals surface area contributed by atoms with Crippen molar-refractivity contribution in [2.45, 2.75) is 52.7 Å². The molecule has 0 spiro atoms. The Hall–Kier alpha value is -3.85. The van der Waals surface area contributed by atoms with Crippen LogP contribution in [-0.4, -0.2) is 50.0 Å². The zero-order valence-corrected chi connectivity index (χ0v) is 23.9. The lowest BCUT2D eigenvalue weighted by Gasteiger charge is -2.32. The quantitative estimate of drug-likeness (QED) is 0.346. The third-order valence-corrected chi connectivity index (χ3v) is 7.53. The molecular formula is C30H37N3O5S. The van der Waals surface area contributed by atoms with Gasteiger partial charge in [-0.1, -0.05) is 55.0 Å². The molecule has 0 aromatic heterocycles. The largest absolute Gasteiger partial charge is 0.457 e. The van der Waals surface area contributed by atoms with E-state index in [0.29, 0.717) is 17.2 Å². The molecule has 0 saturated heterocycles. The number of benzene rings is 3. The number of carbonyl (C=O) groups is 2. The van der Waals surface area contributed by atoms with E-state index in [2.05, 4.69) is 5.32 Å². The number of aryl methyl sites for hydroxylation is 1. The summed E-state index contributed by atoms with van der Waals surface area (Å²) in [5, 5.41) is 2.92. The van der Waals surface area contributed by atoms with Crippen molar-refractivity contribution in [1.82, 2.24) is 10.2 Å². The molecule has 0 aliphatic rings. The fraction of sp³-hybridized carbons (Fsp3) is 0.333. The molecule has 8 nitrogen and oxygen atoms in total. The van der Waals surface area contributed by atoms with Gasteiger partial charge >= 0.3 is 0 Å². The van der Waals surface area contributed by atoms with Crippen molar-refractivity contribution in [3.63, 3.8) is 0 Å². The molecule has 3 rings (SSSR count). The number of carbonyl (C=O) groups excluding carboxylic acids is 2. The van der Waals surface area contributed by atoms with Crippen LogP contribution in [0.5, 0.6) is 11.5 Å². The minimum Gasteiger partial charge on any atom is -0.457 e. The van der Waals surface area contributed by atoms with Crippen molar-refractivity contribution in [1.29, 1.82) is 0 Å². The van der Waals surface area contributed by atoms with Gasteiger partial charge in [0.2, 0.25) is 21.8 Å². The van der Waals surface area contributed by atoms with Crippen LogP contribution in [0.3, 0.4) is 0 Å². The minimum absolute atomic E-state index is 0.0555. The number of rotatable bonds is 12. The molecule has 0 bridgehead atoms. The molecule has 0 unspecified atom stereocenters. The summed E-state index contributed by atoms with van der Waals surface area (Å²) in [5.74, 6) is 0.398. The maximum atomic E-state index is 13.7. The summed E-state index contributed by atoms with van der Waals surface area (Å²) in [7, 11) is -3.82. The van der Waals surface area contributed by atoms with Crippen LogP contribution in [0.4, 0.5) is 5.69 Å². The van der Waals surface area contributed by atoms with E-state index in [0.717, 1.165) is 28.1 Å². The van der Waals surface area contributed by atoms with Gasteiger partial charge in [0.05, 0.1) is 11.9 Å². The Bertz CT molecular complexity index is 1360. The molecule has 9 heteroatoms. The fourth-order valence-electron chi connectivity index (χ4n) is 3.97. The predicted molar refractivity (Wildman–Crippen MR) is 154 cm³/mol. The van der Waals surface area contributed by atoms with E-state index in [9.17, 15) is 18.0 Å². The molecular weight excluding hydrogens is 514 g/mol. The molecule has 1 N–H and O–H groups in total. The van der Waals surface area contributed by atoms with Gasteiger partial charge in [-0.05, 0) is 69.2 Å². The number of hydrogen-bond acceptors (Lipinski definition) is 5. The predicted octanol–water partition coefficient (Wildman–Crippen LogP) is 4.89. The van der Waals surface area contributed by atoms with E-state index >= 15 is 0 Å². The highest BCUT2D eigenvalue weighted by Gasteiger charge is 2.30. The number of anilines is 1. The molecule has 2 amide bonds. The molecule has 0 fully saturated rings. The Morgan fingerprint density at radius 2 is 1.56 bits per heavy atom. The number of para-hydroxylation sites is 1. The normalized spacial score (nSPS) is 12.7. The van der Waals surface area contributed by atoms with Crippen molar-refractivity contribution < 1.29 is 22.7 Å². The van der Waals surface area contributed by atoms with E-state index in [1.807, 2.05) is 75.4 Å². The molecule has 3 aromatic rings. The SMILES string of the molecule is CC[C@@H](C)NC(=O)[C@@H](C)N(Cc1cccc(C)c1)C(=O)CN(c1ccc(Oc2ccccc2)cc1)S(C)(=O)=O. The summed E-state index contributed by atoms with van der Waals surface area (Å²) < 4.78 is 32.5. The third-order valence-electron chi connectivity index (χ3n) is 6.39. The van der Waals surface area contributed by atoms with Crippen LogP contribution in [-0.2, 0) is 26.2 Å². The third kappa shape index (κ3) is 8.58. The van der Waals surface area contributed by atoms with E-state index in [-0.39, 0.29) is 18.5 Å². The molecule has 39 heavy (non-hydrogen) atoms. The maximum absolute atomic E-state index is 13.7. The second kappa shape index (κ2) is 13.3. The van der Waals surface area contributed by atoms with E-state index in [4.69, 9.17) is 4.74 Å². The zero-order valence-electron chi connectivity index (χ0n) is 23.1. The number of ether oxygens (including phenoxy) is 1. The number of hydrogen-bond donors (Lipinski definition) is 1. The Kier molecular flexibility index (Phi) is 10.1. The summed E-state index contributed by atoms with van der Waals surface area (Å²) in [5.41, 5.74) is 2.19. The van der Waals surface area contributed by atoms with Gasteiger partial charge in [-0.15, -0.1) is 0 Å². The van der Waals surface area contributed by atoms with Gasteiger partial charge in [-0.25, -0.2) is 8.42 Å². The van der Waals surface area contributed by atoms with Crippen molar-refractivity contribution in [2.24, 2.45) is 0 Å². The molecule has 0 saturated carbocycles. The molecule has 0 aliphatic carbocycles. The minimum atomic E-state index is -3.82. The first-order chi connectivity index (χ1) is 18.5. The first-order valence-electron chi connectivity index (χ1n) is 12.9. The van der Waals surface area contributed by atoms with Crippen molar-refractivity contribution in [3.8, 4) is 11.5 Å². The Morgan fingerprint density at radius 3 is 2.15 bits per heavy atom. The number of nitrogens with one attached hydrogen (secondary N) is 1. The average molecular weight is 552 g/mol. The summed E-state index contributed by atoms with van der Waals surface area (Å²) in [6.07, 6.45) is 1.80. The highest BCUT2D eigenvalue weighted by molar-refractivity contribution is 7.92. The van der Waals surface area contributed by atoms with Gasteiger partial charge < -0.3 is 15.0 Å². The van der Waals surface area contributed by atoms with Crippen molar-refractivity contribution >= 4 is 27.5 Å². The lowest BCUT2D eigenvalue weighted by Crippen LogP contribution is -2.52. The van der Waals surface area contributed by atoms with Crippen LogP contribution < -0.4 is 14.4 Å². The van der Waals surface area contributed by atoms with Crippen molar-refractivity contribution in [3.05, 3.63) is 90.0 Å². The second-order valence-corrected chi connectivity index (χ2v) is 11.6. The molecule has 0 aliphatic heterocycles. The first kappa shape index (κ1) is 29.7. The van der Waals surface area contributed by atoms with Gasteiger partial charge in [0.25, 0.3) is 0 Å². The van der Waals surface area contributed by atoms with Crippen LogP contribution in [0.2, 0.25) is 0 Å². The lowest BCUT2D eigenvalue weighted by molar-refractivity contribution is -0.139. The van der Waals surface area contributed by atoms with Crippen LogP contribution in [0.1, 0.15) is 38.3 Å². The van der Waals surface area contributed by atoms with E-state index in [1.165, 1.54) is 4.90 Å². The first-order valence-corrected chi connectivity index (χ1v) is 14.8. The zero-order chi connectivity index (χ0) is 28.6. The smallest absolute Gasteiger partial charge is 0.244 e. The van der Waals surface area contributed by atoms with Crippen LogP contribution in [0.25, 0.3) is 0 Å². The molecule has 2 atom stereocenters. The van der Waals surface area contributed by atoms with Crippen LogP contribution >= 0.6 is 0 Å². The fourth-order valence-corrected chi connectivity index (χ4v) is 4.82. The lowest BCUT2D eigenvalue weighted by atomic mass is 10.1. The van der Waals surface area contributed by atoms with Gasteiger partial charge in [-0.2, -0.15) is 0 Å². The highest BCUT2D eigenvalue weighted by atomic mass is 32.2. The van der Waals surface area contributed by atoms with Crippen LogP contribution in [0.15, 0.2) is 78.9 Å². The Morgan fingerprint density at radius 1 is 0.923 bits per heavy atom.